The number of aromatic nitrogens is 2. The van der Waals surface area contributed by atoms with E-state index in [2.05, 4.69) is 30.7 Å². The van der Waals surface area contributed by atoms with Crippen LogP contribution >= 0.6 is 11.6 Å². The van der Waals surface area contributed by atoms with Crippen molar-refractivity contribution in [2.45, 2.75) is 44.2 Å². The summed E-state index contributed by atoms with van der Waals surface area (Å²) in [5.41, 5.74) is 1.87. The zero-order valence-corrected chi connectivity index (χ0v) is 22.3. The van der Waals surface area contributed by atoms with Crippen LogP contribution in [0, 0.1) is 11.6 Å². The average molecular weight is 573 g/mol. The number of nitrogens with one attached hydrogen (secondary N) is 4. The molecule has 4 amide bonds. The number of nitrogens with zero attached hydrogens (tertiary/aromatic N) is 2. The molecule has 2 aliphatic heterocycles. The molecule has 2 atom stereocenters. The summed E-state index contributed by atoms with van der Waals surface area (Å²) in [7, 11) is 1.25. The molecule has 3 aromatic rings. The van der Waals surface area contributed by atoms with E-state index in [1.807, 2.05) is 0 Å². The summed E-state index contributed by atoms with van der Waals surface area (Å²) in [4.78, 5) is 47.1. The van der Waals surface area contributed by atoms with E-state index in [1.54, 1.807) is 29.3 Å². The Labute approximate surface area is 233 Å². The number of aromatic amines is 1. The highest BCUT2D eigenvalue weighted by molar-refractivity contribution is 6.30. The molecule has 3 heterocycles. The molecule has 0 spiro atoms. The van der Waals surface area contributed by atoms with Crippen LogP contribution in [0.4, 0.5) is 29.7 Å². The van der Waals surface area contributed by atoms with Gasteiger partial charge in [0.1, 0.15) is 17.5 Å². The molecule has 5 rings (SSSR count). The topological polar surface area (TPSA) is 128 Å². The highest BCUT2D eigenvalue weighted by Crippen LogP contribution is 2.36. The maximum Gasteiger partial charge on any atom is 0.411 e. The second-order valence-corrected chi connectivity index (χ2v) is 10.0. The number of amides is 4. The molecule has 0 saturated carbocycles. The fourth-order valence-electron chi connectivity index (χ4n) is 5.10. The number of benzene rings is 2. The third-order valence-electron chi connectivity index (χ3n) is 7.08. The number of imidazole rings is 1. The minimum absolute atomic E-state index is 0.197. The van der Waals surface area contributed by atoms with E-state index in [1.165, 1.54) is 7.11 Å². The Bertz CT molecular complexity index is 1460. The van der Waals surface area contributed by atoms with Gasteiger partial charge in [0.05, 0.1) is 41.8 Å². The summed E-state index contributed by atoms with van der Waals surface area (Å²) in [6.07, 6.45) is 3.17. The third kappa shape index (κ3) is 5.57. The van der Waals surface area contributed by atoms with Gasteiger partial charge in [-0.25, -0.2) is 23.4 Å². The summed E-state index contributed by atoms with van der Waals surface area (Å²) in [6.45, 7) is 0.224. The first kappa shape index (κ1) is 27.4. The first-order chi connectivity index (χ1) is 19.2. The van der Waals surface area contributed by atoms with Gasteiger partial charge < -0.3 is 25.3 Å². The maximum atomic E-state index is 14.6. The Morgan fingerprint density at radius 1 is 1.18 bits per heavy atom. The fourth-order valence-corrected chi connectivity index (χ4v) is 5.26. The number of urea groups is 1. The van der Waals surface area contributed by atoms with E-state index in [4.69, 9.17) is 11.6 Å². The number of anilines is 2. The molecule has 2 bridgehead atoms. The number of methoxy groups -OCH3 is 1. The molecule has 1 fully saturated rings. The van der Waals surface area contributed by atoms with Gasteiger partial charge in [-0.1, -0.05) is 18.0 Å². The van der Waals surface area contributed by atoms with Gasteiger partial charge in [0, 0.05) is 29.8 Å². The first-order valence-corrected chi connectivity index (χ1v) is 13.2. The van der Waals surface area contributed by atoms with Crippen molar-refractivity contribution in [1.82, 2.24) is 20.2 Å². The first-order valence-electron chi connectivity index (χ1n) is 12.8. The third-order valence-corrected chi connectivity index (χ3v) is 7.37. The normalized spacial score (nSPS) is 19.4. The van der Waals surface area contributed by atoms with Crippen molar-refractivity contribution in [2.75, 3.05) is 24.3 Å². The van der Waals surface area contributed by atoms with E-state index >= 15 is 0 Å². The summed E-state index contributed by atoms with van der Waals surface area (Å²) in [6, 6.07) is 5.42. The number of hydrogen-bond acceptors (Lipinski definition) is 5. The second-order valence-electron chi connectivity index (χ2n) is 9.61. The Kier molecular flexibility index (Phi) is 7.88. The van der Waals surface area contributed by atoms with Gasteiger partial charge in [-0.2, -0.15) is 0 Å². The van der Waals surface area contributed by atoms with Gasteiger partial charge >= 0.3 is 12.1 Å². The molecule has 210 valence electrons. The van der Waals surface area contributed by atoms with Crippen molar-refractivity contribution < 1.29 is 27.9 Å². The zero-order valence-electron chi connectivity index (χ0n) is 21.5. The Hall–Kier alpha value is -4.19. The van der Waals surface area contributed by atoms with E-state index in [0.717, 1.165) is 12.1 Å². The minimum Gasteiger partial charge on any atom is -0.453 e. The van der Waals surface area contributed by atoms with E-state index < -0.39 is 35.8 Å². The highest BCUT2D eigenvalue weighted by Gasteiger charge is 2.35. The van der Waals surface area contributed by atoms with Crippen LogP contribution in [-0.2, 0) is 9.53 Å². The molecule has 4 N–H and O–H groups in total. The average Bonchev–Trinajstić information content (AvgIpc) is 3.41. The number of ether oxygens (including phenoxy) is 1. The molecule has 0 radical (unpaired) electrons. The predicted octanol–water partition coefficient (Wildman–Crippen LogP) is 5.90. The summed E-state index contributed by atoms with van der Waals surface area (Å²) in [5.74, 6) is -1.32. The van der Waals surface area contributed by atoms with Crippen LogP contribution in [0.1, 0.15) is 55.6 Å². The Morgan fingerprint density at radius 3 is 2.77 bits per heavy atom. The van der Waals surface area contributed by atoms with Crippen molar-refractivity contribution in [1.29, 1.82) is 0 Å². The van der Waals surface area contributed by atoms with Crippen LogP contribution < -0.4 is 16.0 Å². The molecule has 10 nitrogen and oxygen atoms in total. The second kappa shape index (κ2) is 11.5. The van der Waals surface area contributed by atoms with Crippen molar-refractivity contribution in [3.63, 3.8) is 0 Å². The zero-order chi connectivity index (χ0) is 28.4. The van der Waals surface area contributed by atoms with Gasteiger partial charge in [0.15, 0.2) is 0 Å². The van der Waals surface area contributed by atoms with Crippen molar-refractivity contribution in [3.8, 4) is 11.3 Å². The van der Waals surface area contributed by atoms with Gasteiger partial charge in [0.2, 0.25) is 5.91 Å². The van der Waals surface area contributed by atoms with E-state index in [0.29, 0.717) is 47.7 Å². The predicted molar refractivity (Wildman–Crippen MR) is 144 cm³/mol. The summed E-state index contributed by atoms with van der Waals surface area (Å²) >= 11 is 5.86. The summed E-state index contributed by atoms with van der Waals surface area (Å²) < 4.78 is 33.7. The summed E-state index contributed by atoms with van der Waals surface area (Å²) in [5, 5.41) is 7.99. The number of hydrogen-bond donors (Lipinski definition) is 4. The molecule has 2 aromatic carbocycles. The number of H-pyrrole nitrogens is 1. The maximum absolute atomic E-state index is 14.6. The molecular weight excluding hydrogens is 546 g/mol. The van der Waals surface area contributed by atoms with Crippen LogP contribution in [0.2, 0.25) is 5.02 Å². The lowest BCUT2D eigenvalue weighted by Crippen LogP contribution is -2.50. The van der Waals surface area contributed by atoms with E-state index in [-0.39, 0.29) is 35.9 Å². The molecular formula is C27H27ClF2N6O4. The fraction of sp³-hybridized carbons (Fsp3) is 0.333. The molecule has 1 saturated heterocycles. The molecule has 0 aliphatic carbocycles. The van der Waals surface area contributed by atoms with Gasteiger partial charge in [-0.05, 0) is 49.6 Å². The standard InChI is InChI=1S/C27H27ClF2N6O4/c1-40-27(39)32-14-6-7-15-19(12-14)33-22(37)5-3-2-4-21(25-31-13-20(15)34-25)36-11-10-18(35-26(36)38)23-17(29)9-8-16(28)24(23)30/h6-9,12-13,18,21H,2-5,10-11H2,1H3,(H,31,34)(H,32,39)(H,33,37)(H,35,38)/t18?,21-/m0/s1. The van der Waals surface area contributed by atoms with E-state index in [9.17, 15) is 23.2 Å². The van der Waals surface area contributed by atoms with Crippen LogP contribution in [0.25, 0.3) is 11.3 Å². The minimum atomic E-state index is -0.885. The lowest BCUT2D eigenvalue weighted by atomic mass is 9.98. The lowest BCUT2D eigenvalue weighted by Gasteiger charge is -2.38. The number of rotatable bonds is 3. The Balaban J connectivity index is 1.43. The van der Waals surface area contributed by atoms with Gasteiger partial charge in [-0.15, -0.1) is 0 Å². The number of carbonyl (C=O) groups is 3. The van der Waals surface area contributed by atoms with Crippen molar-refractivity contribution >= 4 is 41.0 Å². The molecule has 13 heteroatoms. The number of halogens is 3. The monoisotopic (exact) mass is 572 g/mol. The van der Waals surface area contributed by atoms with Crippen molar-refractivity contribution in [2.24, 2.45) is 0 Å². The smallest absolute Gasteiger partial charge is 0.411 e. The van der Waals surface area contributed by atoms with Crippen LogP contribution in [0.15, 0.2) is 36.5 Å². The van der Waals surface area contributed by atoms with Gasteiger partial charge in [0.25, 0.3) is 0 Å². The molecule has 1 unspecified atom stereocenters. The molecule has 1 aromatic heterocycles. The Morgan fingerprint density at radius 2 is 2.00 bits per heavy atom. The molecule has 40 heavy (non-hydrogen) atoms. The lowest BCUT2D eigenvalue weighted by molar-refractivity contribution is -0.116. The van der Waals surface area contributed by atoms with Crippen LogP contribution in [-0.4, -0.2) is 46.6 Å². The SMILES string of the molecule is COC(=O)Nc1ccc2c(c1)NC(=O)CCCC[C@H](N1CCC(c3c(F)ccc(Cl)c3F)NC1=O)c1ncc-2[nH]1. The molecule has 2 aliphatic rings. The van der Waals surface area contributed by atoms with Crippen LogP contribution in [0.3, 0.4) is 0 Å². The van der Waals surface area contributed by atoms with Crippen molar-refractivity contribution in [3.05, 3.63) is 64.6 Å². The highest BCUT2D eigenvalue weighted by atomic mass is 35.5. The number of fused-ring (bicyclic) bond motifs is 4. The largest absolute Gasteiger partial charge is 0.453 e. The van der Waals surface area contributed by atoms with Crippen LogP contribution in [0.5, 0.6) is 0 Å². The van der Waals surface area contributed by atoms with Gasteiger partial charge in [-0.3, -0.25) is 10.1 Å². The number of carbonyl (C=O) groups excluding carboxylic acids is 3. The quantitative estimate of drug-likeness (QED) is 0.291.